The highest BCUT2D eigenvalue weighted by molar-refractivity contribution is 6.28. The molecule has 1 aliphatic heterocycles. The van der Waals surface area contributed by atoms with Crippen molar-refractivity contribution in [2.75, 3.05) is 31.5 Å². The predicted molar refractivity (Wildman–Crippen MR) is 134 cm³/mol. The van der Waals surface area contributed by atoms with Crippen LogP contribution >= 0.6 is 11.6 Å². The maximum Gasteiger partial charge on any atom is 0.225 e. The number of H-pyrrole nitrogens is 1. The van der Waals surface area contributed by atoms with Gasteiger partial charge in [0, 0.05) is 62.8 Å². The number of nitrogens with one attached hydrogen (secondary N) is 2. The number of piperazine rings is 1. The number of hydrogen-bond acceptors (Lipinski definition) is 7. The van der Waals surface area contributed by atoms with Crippen LogP contribution in [0.15, 0.2) is 48.9 Å². The number of rotatable bonds is 6. The van der Waals surface area contributed by atoms with Crippen molar-refractivity contribution in [2.24, 2.45) is 5.92 Å². The first kappa shape index (κ1) is 21.9. The fraction of sp³-hybridized carbons (Fsp3) is 0.320. The number of aromatic amines is 1. The Morgan fingerprint density at radius 1 is 1.03 bits per heavy atom. The van der Waals surface area contributed by atoms with Crippen molar-refractivity contribution >= 4 is 40.3 Å². The molecule has 6 rings (SSSR count). The van der Waals surface area contributed by atoms with Gasteiger partial charge in [-0.2, -0.15) is 0 Å². The molecule has 10 heteroatoms. The molecular weight excluding hydrogens is 464 g/mol. The zero-order valence-corrected chi connectivity index (χ0v) is 19.9. The number of imidazole rings is 1. The lowest BCUT2D eigenvalue weighted by molar-refractivity contribution is -0.134. The van der Waals surface area contributed by atoms with Crippen molar-refractivity contribution in [1.29, 1.82) is 0 Å². The average molecular weight is 489 g/mol. The highest BCUT2D eigenvalue weighted by Crippen LogP contribution is 2.31. The summed E-state index contributed by atoms with van der Waals surface area (Å²) in [6, 6.07) is 10.0. The van der Waals surface area contributed by atoms with Gasteiger partial charge in [0.1, 0.15) is 5.82 Å². The second-order valence-corrected chi connectivity index (χ2v) is 9.45. The Labute approximate surface area is 207 Å². The first-order valence-corrected chi connectivity index (χ1v) is 12.2. The highest BCUT2D eigenvalue weighted by atomic mass is 35.5. The van der Waals surface area contributed by atoms with Crippen molar-refractivity contribution in [2.45, 2.75) is 19.4 Å². The van der Waals surface area contributed by atoms with Gasteiger partial charge in [0.15, 0.2) is 0 Å². The molecule has 1 saturated carbocycles. The fourth-order valence-corrected chi connectivity index (χ4v) is 4.54. The average Bonchev–Trinajstić information content (AvgIpc) is 3.64. The summed E-state index contributed by atoms with van der Waals surface area (Å²) in [5.74, 6) is 2.00. The van der Waals surface area contributed by atoms with E-state index < -0.39 is 0 Å². The van der Waals surface area contributed by atoms with Crippen LogP contribution in [0.5, 0.6) is 0 Å². The third kappa shape index (κ3) is 4.96. The molecule has 0 bridgehead atoms. The van der Waals surface area contributed by atoms with E-state index in [0.717, 1.165) is 73.5 Å². The van der Waals surface area contributed by atoms with Crippen molar-refractivity contribution in [3.8, 4) is 11.1 Å². The minimum Gasteiger partial charge on any atom is -0.340 e. The summed E-state index contributed by atoms with van der Waals surface area (Å²) in [6.07, 6.45) is 7.34. The van der Waals surface area contributed by atoms with Gasteiger partial charge < -0.3 is 15.2 Å². The Morgan fingerprint density at radius 3 is 2.60 bits per heavy atom. The number of carbonyl (C=O) groups excluding carboxylic acids is 1. The zero-order chi connectivity index (χ0) is 23.8. The number of nitrogens with zero attached hydrogens (tertiary/aromatic N) is 6. The second kappa shape index (κ2) is 9.24. The molecule has 2 N–H and O–H groups in total. The number of carbonyl (C=O) groups is 1. The molecule has 0 radical (unpaired) electrons. The maximum atomic E-state index is 12.3. The van der Waals surface area contributed by atoms with Crippen LogP contribution in [0.2, 0.25) is 5.28 Å². The molecule has 1 aromatic carbocycles. The summed E-state index contributed by atoms with van der Waals surface area (Å²) in [5.41, 5.74) is 4.78. The predicted octanol–water partition coefficient (Wildman–Crippen LogP) is 3.87. The second-order valence-electron chi connectivity index (χ2n) is 9.11. The Bertz CT molecular complexity index is 1360. The smallest absolute Gasteiger partial charge is 0.225 e. The van der Waals surface area contributed by atoms with E-state index in [-0.39, 0.29) is 5.28 Å². The largest absolute Gasteiger partial charge is 0.340 e. The van der Waals surface area contributed by atoms with Crippen LogP contribution < -0.4 is 5.32 Å². The summed E-state index contributed by atoms with van der Waals surface area (Å²) in [7, 11) is 0. The zero-order valence-electron chi connectivity index (χ0n) is 19.1. The minimum atomic E-state index is 0.225. The van der Waals surface area contributed by atoms with E-state index >= 15 is 0 Å². The topological polar surface area (TPSA) is 103 Å². The van der Waals surface area contributed by atoms with Gasteiger partial charge in [-0.3, -0.25) is 9.69 Å². The van der Waals surface area contributed by atoms with Crippen LogP contribution in [-0.4, -0.2) is 66.8 Å². The van der Waals surface area contributed by atoms with E-state index in [1.807, 2.05) is 41.4 Å². The van der Waals surface area contributed by atoms with Gasteiger partial charge in [-0.25, -0.2) is 19.9 Å². The summed E-state index contributed by atoms with van der Waals surface area (Å²) < 4.78 is 0. The van der Waals surface area contributed by atoms with Gasteiger partial charge in [-0.05, 0) is 59.8 Å². The number of fused-ring (bicyclic) bond motifs is 1. The number of aromatic nitrogens is 5. The van der Waals surface area contributed by atoms with E-state index in [9.17, 15) is 4.79 Å². The molecule has 0 unspecified atom stereocenters. The quantitative estimate of drug-likeness (QED) is 0.397. The molecular formula is C25H25ClN8O. The number of benzene rings is 1. The Hall–Kier alpha value is -3.56. The summed E-state index contributed by atoms with van der Waals surface area (Å²) in [4.78, 5) is 37.2. The Balaban J connectivity index is 1.11. The van der Waals surface area contributed by atoms with E-state index in [4.69, 9.17) is 11.6 Å². The van der Waals surface area contributed by atoms with Gasteiger partial charge in [0.2, 0.25) is 17.1 Å². The fourth-order valence-electron chi connectivity index (χ4n) is 4.45. The first-order valence-electron chi connectivity index (χ1n) is 11.8. The van der Waals surface area contributed by atoms with E-state index in [1.54, 1.807) is 12.4 Å². The van der Waals surface area contributed by atoms with Crippen molar-refractivity contribution in [3.63, 3.8) is 0 Å². The van der Waals surface area contributed by atoms with Crippen LogP contribution in [0, 0.1) is 5.92 Å². The SMILES string of the molecule is O=C(C1CC1)N1CCN(Cc2ccnc(Nc3nc4ccc(-c5cnc(Cl)nc5)cc4[nH]3)c2)CC1. The van der Waals surface area contributed by atoms with Crippen LogP contribution in [0.3, 0.4) is 0 Å². The summed E-state index contributed by atoms with van der Waals surface area (Å²) in [6.45, 7) is 4.25. The van der Waals surface area contributed by atoms with Crippen LogP contribution in [0.25, 0.3) is 22.2 Å². The number of pyridine rings is 1. The first-order chi connectivity index (χ1) is 17.1. The minimum absolute atomic E-state index is 0.225. The van der Waals surface area contributed by atoms with Gasteiger partial charge in [0.25, 0.3) is 0 Å². The van der Waals surface area contributed by atoms with Crippen molar-refractivity contribution in [1.82, 2.24) is 34.7 Å². The lowest BCUT2D eigenvalue weighted by atomic mass is 10.1. The molecule has 9 nitrogen and oxygen atoms in total. The summed E-state index contributed by atoms with van der Waals surface area (Å²) >= 11 is 5.80. The number of halogens is 1. The standard InChI is InChI=1S/C25H25ClN8O/c26-24-28-13-19(14-29-24)18-3-4-20-21(12-18)31-25(30-20)32-22-11-16(5-6-27-22)15-33-7-9-34(10-8-33)23(35)17-1-2-17/h3-6,11-14,17H,1-2,7-10,15H2,(H2,27,30,31,32). The van der Waals surface area contributed by atoms with Crippen LogP contribution in [0.1, 0.15) is 18.4 Å². The van der Waals surface area contributed by atoms with Gasteiger partial charge in [0.05, 0.1) is 11.0 Å². The molecule has 1 saturated heterocycles. The molecule has 2 aliphatic rings. The van der Waals surface area contributed by atoms with E-state index in [0.29, 0.717) is 17.8 Å². The molecule has 0 atom stereocenters. The Morgan fingerprint density at radius 2 is 1.83 bits per heavy atom. The van der Waals surface area contributed by atoms with E-state index in [2.05, 4.69) is 35.1 Å². The molecule has 3 aromatic heterocycles. The van der Waals surface area contributed by atoms with Gasteiger partial charge in [-0.15, -0.1) is 0 Å². The molecule has 2 fully saturated rings. The maximum absolute atomic E-state index is 12.3. The van der Waals surface area contributed by atoms with Crippen LogP contribution in [-0.2, 0) is 11.3 Å². The lowest BCUT2D eigenvalue weighted by Gasteiger charge is -2.34. The van der Waals surface area contributed by atoms with Gasteiger partial charge in [-0.1, -0.05) is 6.07 Å². The number of amides is 1. The monoisotopic (exact) mass is 488 g/mol. The number of hydrogen-bond donors (Lipinski definition) is 2. The molecule has 1 aliphatic carbocycles. The Kier molecular flexibility index (Phi) is 5.79. The van der Waals surface area contributed by atoms with Gasteiger partial charge >= 0.3 is 0 Å². The molecule has 0 spiro atoms. The molecule has 4 heterocycles. The summed E-state index contributed by atoms with van der Waals surface area (Å²) in [5, 5.41) is 3.51. The molecule has 4 aromatic rings. The normalized spacial score (nSPS) is 16.5. The van der Waals surface area contributed by atoms with Crippen LogP contribution in [0.4, 0.5) is 11.8 Å². The van der Waals surface area contributed by atoms with Crippen molar-refractivity contribution < 1.29 is 4.79 Å². The molecule has 178 valence electrons. The third-order valence-corrected chi connectivity index (χ3v) is 6.72. The van der Waals surface area contributed by atoms with Crippen molar-refractivity contribution in [3.05, 3.63) is 59.8 Å². The lowest BCUT2D eigenvalue weighted by Crippen LogP contribution is -2.48. The molecule has 1 amide bonds. The molecule has 35 heavy (non-hydrogen) atoms. The number of anilines is 2. The highest BCUT2D eigenvalue weighted by Gasteiger charge is 2.34. The van der Waals surface area contributed by atoms with E-state index in [1.165, 1.54) is 5.56 Å². The third-order valence-electron chi connectivity index (χ3n) is 6.52.